The van der Waals surface area contributed by atoms with Gasteiger partial charge in [0.1, 0.15) is 0 Å². The number of allylic oxidation sites excluding steroid dienone is 1. The maximum atomic E-state index is 10.9. The van der Waals surface area contributed by atoms with Gasteiger partial charge < -0.3 is 4.48 Å². The molecule has 0 unspecified atom stereocenters. The summed E-state index contributed by atoms with van der Waals surface area (Å²) >= 11 is 0. The summed E-state index contributed by atoms with van der Waals surface area (Å²) in [7, 11) is -0.743. The van der Waals surface area contributed by atoms with Gasteiger partial charge in [-0.05, 0) is 6.08 Å². The number of carbonyl (C=O) groups excluding carboxylic acids is 1. The van der Waals surface area contributed by atoms with E-state index in [0.29, 0.717) is 6.54 Å². The highest BCUT2D eigenvalue weighted by molar-refractivity contribution is 7.85. The summed E-state index contributed by atoms with van der Waals surface area (Å²) in [5.41, 5.74) is 0. The van der Waals surface area contributed by atoms with Gasteiger partial charge in [0, 0.05) is 0 Å². The zero-order valence-electron chi connectivity index (χ0n) is 8.43. The molecule has 0 rings (SSSR count). The van der Waals surface area contributed by atoms with E-state index in [9.17, 15) is 13.2 Å². The number of rotatable bonds is 6. The SMILES string of the molecule is C=CC(=O)CC[15N+]([13CH3])([13CH3])CS(=O)(=O)O. The first-order chi connectivity index (χ1) is 6.16. The average Bonchev–Trinajstić information content (AvgIpc) is 1.96. The maximum Gasteiger partial charge on any atom is 0.316 e. The normalized spacial score (nSPS) is 12.5. The molecule has 0 saturated heterocycles. The standard InChI is InChI=1S/C8H15NO4S/c1-4-8(10)5-6-9(2,3)7-14(11,12)13/h4H,1,5-7H2,2-3H3/p+1/i2+1,3+1,9+1. The maximum absolute atomic E-state index is 10.9. The van der Waals surface area contributed by atoms with Crippen molar-refractivity contribution in [2.45, 2.75) is 6.42 Å². The summed E-state index contributed by atoms with van der Waals surface area (Å²) in [6.07, 6.45) is 1.43. The first-order valence-corrected chi connectivity index (χ1v) is 5.70. The topological polar surface area (TPSA) is 71.4 Å². The Morgan fingerprint density at radius 3 is 2.36 bits per heavy atom. The molecule has 0 aromatic rings. The van der Waals surface area contributed by atoms with Crippen molar-refractivity contribution in [1.29, 1.82) is 0 Å². The Morgan fingerprint density at radius 1 is 1.50 bits per heavy atom. The van der Waals surface area contributed by atoms with Crippen LogP contribution in [-0.4, -0.2) is 49.8 Å². The second-order valence-corrected chi connectivity index (χ2v) is 5.21. The lowest BCUT2D eigenvalue weighted by Gasteiger charge is -2.27. The quantitative estimate of drug-likeness (QED) is 0.228. The predicted octanol–water partition coefficient (Wildman–Crippen LogP) is 0.0533. The molecule has 82 valence electrons. The van der Waals surface area contributed by atoms with Crippen molar-refractivity contribution in [3.63, 3.8) is 0 Å². The Bertz CT molecular complexity index is 318. The molecule has 0 bridgehead atoms. The summed E-state index contributed by atoms with van der Waals surface area (Å²) < 4.78 is 29.9. The molecule has 14 heavy (non-hydrogen) atoms. The van der Waals surface area contributed by atoms with E-state index in [0.717, 1.165) is 0 Å². The third-order valence-electron chi connectivity index (χ3n) is 1.70. The number of carbonyl (C=O) groups is 1. The minimum Gasteiger partial charge on any atom is -0.314 e. The fraction of sp³-hybridized carbons (Fsp3) is 0.625. The minimum atomic E-state index is -4.00. The van der Waals surface area contributed by atoms with Gasteiger partial charge >= 0.3 is 10.1 Å². The molecular formula is C8H16NO4S+. The van der Waals surface area contributed by atoms with Crippen LogP contribution in [0.25, 0.3) is 0 Å². The van der Waals surface area contributed by atoms with Crippen LogP contribution in [0.3, 0.4) is 0 Å². The van der Waals surface area contributed by atoms with Crippen LogP contribution in [0.15, 0.2) is 12.7 Å². The van der Waals surface area contributed by atoms with Gasteiger partial charge in [-0.3, -0.25) is 9.35 Å². The Morgan fingerprint density at radius 2 is 2.00 bits per heavy atom. The van der Waals surface area contributed by atoms with Gasteiger partial charge in [0.15, 0.2) is 5.78 Å². The molecule has 1 N–H and O–H groups in total. The summed E-state index contributed by atoms with van der Waals surface area (Å²) in [6.45, 7) is 3.66. The minimum absolute atomic E-state index is 0.0540. The zero-order valence-corrected chi connectivity index (χ0v) is 9.25. The number of ketones is 1. The van der Waals surface area contributed by atoms with Gasteiger partial charge in [-0.15, -0.1) is 0 Å². The first kappa shape index (κ1) is 13.3. The van der Waals surface area contributed by atoms with Crippen LogP contribution in [0.1, 0.15) is 6.42 Å². The van der Waals surface area contributed by atoms with Gasteiger partial charge in [-0.1, -0.05) is 6.58 Å². The van der Waals surface area contributed by atoms with Gasteiger partial charge in [-0.2, -0.15) is 8.42 Å². The lowest BCUT2D eigenvalue weighted by atomic mass is 10.3. The van der Waals surface area contributed by atoms with E-state index < -0.39 is 16.0 Å². The van der Waals surface area contributed by atoms with Gasteiger partial charge in [0.25, 0.3) is 0 Å². The van der Waals surface area contributed by atoms with Crippen molar-refractivity contribution in [3.8, 4) is 0 Å². The van der Waals surface area contributed by atoms with Crippen LogP contribution < -0.4 is 0 Å². The molecule has 0 aromatic carbocycles. The fourth-order valence-electron chi connectivity index (χ4n) is 1.02. The molecular weight excluding hydrogens is 209 g/mol. The van der Waals surface area contributed by atoms with Crippen LogP contribution in [-0.2, 0) is 14.9 Å². The Kier molecular flexibility index (Phi) is 4.44. The van der Waals surface area contributed by atoms with E-state index in [1.807, 2.05) is 0 Å². The largest absolute Gasteiger partial charge is 0.316 e. The van der Waals surface area contributed by atoms with Crippen LogP contribution in [0.5, 0.6) is 0 Å². The lowest BCUT2D eigenvalue weighted by molar-refractivity contribution is -0.878. The van der Waals surface area contributed by atoms with E-state index in [4.69, 9.17) is 4.55 Å². The highest BCUT2D eigenvalue weighted by Gasteiger charge is 2.23. The summed E-state index contributed by atoms with van der Waals surface area (Å²) in [6, 6.07) is 0. The Labute approximate surface area is 84.4 Å². The van der Waals surface area contributed by atoms with Gasteiger partial charge in [-0.25, -0.2) is 0 Å². The van der Waals surface area contributed by atoms with Gasteiger partial charge in [0.2, 0.25) is 5.88 Å². The van der Waals surface area contributed by atoms with Crippen molar-refractivity contribution < 1.29 is 22.2 Å². The molecule has 0 spiro atoms. The molecule has 0 aromatic heterocycles. The van der Waals surface area contributed by atoms with E-state index in [-0.39, 0.29) is 16.7 Å². The van der Waals surface area contributed by atoms with Crippen molar-refractivity contribution in [2.24, 2.45) is 0 Å². The van der Waals surface area contributed by atoms with E-state index in [1.165, 1.54) is 6.08 Å². The van der Waals surface area contributed by atoms with E-state index in [1.54, 1.807) is 14.1 Å². The highest BCUT2D eigenvalue weighted by atomic mass is 32.2. The second-order valence-electron chi connectivity index (χ2n) is 3.79. The third kappa shape index (κ3) is 6.76. The van der Waals surface area contributed by atoms with Crippen molar-refractivity contribution in [3.05, 3.63) is 12.7 Å². The van der Waals surface area contributed by atoms with Crippen molar-refractivity contribution in [2.75, 3.05) is 26.5 Å². The van der Waals surface area contributed by atoms with Crippen molar-refractivity contribution in [1.82, 2.24) is 0 Å². The van der Waals surface area contributed by atoms with Crippen LogP contribution >= 0.6 is 0 Å². The van der Waals surface area contributed by atoms with Gasteiger partial charge in [0.05, 0.1) is 27.1 Å². The lowest BCUT2D eigenvalue weighted by Crippen LogP contribution is -2.44. The fourth-order valence-corrected chi connectivity index (χ4v) is 2.03. The number of hydrogen-bond acceptors (Lipinski definition) is 3. The summed E-state index contributed by atoms with van der Waals surface area (Å²) in [4.78, 5) is 10.9. The molecule has 6 heteroatoms. The van der Waals surface area contributed by atoms with E-state index in [2.05, 4.69) is 6.58 Å². The van der Waals surface area contributed by atoms with Crippen LogP contribution in [0.4, 0.5) is 0 Å². The molecule has 0 aliphatic carbocycles. The number of quaternary nitrogens is 1. The molecule has 0 saturated carbocycles. The summed E-state index contributed by atoms with van der Waals surface area (Å²) in [5, 5.41) is 0. The second kappa shape index (κ2) is 4.68. The van der Waals surface area contributed by atoms with Crippen molar-refractivity contribution >= 4 is 15.9 Å². The summed E-state index contributed by atoms with van der Waals surface area (Å²) in [5.74, 6) is -0.524. The molecule has 0 aliphatic heterocycles. The smallest absolute Gasteiger partial charge is 0.314 e. The van der Waals surface area contributed by atoms with Crippen LogP contribution in [0.2, 0.25) is 0 Å². The monoisotopic (exact) mass is 225 g/mol. The molecule has 0 radical (unpaired) electrons. The molecule has 0 fully saturated rings. The third-order valence-corrected chi connectivity index (χ3v) is 2.73. The Balaban J connectivity index is 4.21. The van der Waals surface area contributed by atoms with Crippen LogP contribution in [0, 0.1) is 0 Å². The molecule has 0 atom stereocenters. The molecule has 0 amide bonds. The zero-order chi connectivity index (χ0) is 11.4. The highest BCUT2D eigenvalue weighted by Crippen LogP contribution is 2.03. The predicted molar refractivity (Wildman–Crippen MR) is 53.2 cm³/mol. The number of nitrogens with zero attached hydrogens (tertiary/aromatic N) is 1. The molecule has 0 aliphatic rings. The first-order valence-electron chi connectivity index (χ1n) is 4.09. The van der Waals surface area contributed by atoms with E-state index >= 15 is 0 Å². The Hall–Kier alpha value is -0.720. The molecule has 0 heterocycles. The average molecular weight is 225 g/mol. The molecule has 5 nitrogen and oxygen atoms in total. The number of hydrogen-bond donors (Lipinski definition) is 1.